The molecule has 0 aromatic heterocycles. The third-order valence-corrected chi connectivity index (χ3v) is 6.18. The summed E-state index contributed by atoms with van der Waals surface area (Å²) in [5, 5.41) is 18.5. The fourth-order valence-corrected chi connectivity index (χ4v) is 4.61. The molecule has 1 N–H and O–H groups in total. The second-order valence-corrected chi connectivity index (χ2v) is 8.33. The Morgan fingerprint density at radius 3 is 2.27 bits per heavy atom. The van der Waals surface area contributed by atoms with Gasteiger partial charge in [0.2, 0.25) is 5.90 Å². The largest absolute Gasteiger partial charge is 0.497 e. The van der Waals surface area contributed by atoms with Crippen LogP contribution in [0.15, 0.2) is 65.4 Å². The summed E-state index contributed by atoms with van der Waals surface area (Å²) in [6, 6.07) is 18.0. The number of hydrogen-bond acceptors (Lipinski definition) is 6. The van der Waals surface area contributed by atoms with Crippen LogP contribution in [0.4, 0.5) is 0 Å². The van der Waals surface area contributed by atoms with E-state index in [0.717, 1.165) is 59.0 Å². The predicted octanol–water partition coefficient (Wildman–Crippen LogP) is 5.00. The minimum atomic E-state index is -0.666. The Morgan fingerprint density at radius 2 is 1.70 bits per heavy atom. The Hall–Kier alpha value is -3.56. The first-order chi connectivity index (χ1) is 16.1. The summed E-state index contributed by atoms with van der Waals surface area (Å²) in [4.78, 5) is 2.39. The molecule has 0 saturated heterocycles. The van der Waals surface area contributed by atoms with E-state index in [1.54, 1.807) is 14.2 Å². The lowest BCUT2D eigenvalue weighted by molar-refractivity contribution is 0.255. The zero-order valence-corrected chi connectivity index (χ0v) is 19.3. The molecule has 2 atom stereocenters. The zero-order valence-electron chi connectivity index (χ0n) is 19.3. The minimum absolute atomic E-state index is 0.00152. The fraction of sp³-hybridized carbons (Fsp3) is 0.333. The van der Waals surface area contributed by atoms with Gasteiger partial charge in [-0.2, -0.15) is 5.26 Å². The number of nitriles is 1. The van der Waals surface area contributed by atoms with E-state index in [2.05, 4.69) is 24.0 Å². The van der Waals surface area contributed by atoms with Crippen LogP contribution in [0.5, 0.6) is 11.5 Å². The van der Waals surface area contributed by atoms with E-state index < -0.39 is 5.92 Å². The summed E-state index contributed by atoms with van der Waals surface area (Å²) in [5.74, 6) is 1.40. The van der Waals surface area contributed by atoms with Gasteiger partial charge >= 0.3 is 0 Å². The standard InChI is InChI=1S/C27H29N3O3/c1-4-13-30-16-20(14-18-5-9-21(31-2)10-6-18)26-24(17-30)25(23(15-28)27(29)33-26)19-7-11-22(32-3)12-8-19/h5-12,14,23,25,29H,4,13,16-17H2,1-3H3/b20-14+,29-27?. The number of nitrogens with one attached hydrogen (secondary N) is 1. The Labute approximate surface area is 195 Å². The van der Waals surface area contributed by atoms with Crippen LogP contribution in [0, 0.1) is 22.7 Å². The SMILES string of the molecule is CCCN1CC2=C(OC(=N)C(C#N)C2c2ccc(OC)cc2)/C(=C/c2ccc(OC)cc2)C1. The molecule has 0 amide bonds. The maximum atomic E-state index is 9.95. The van der Waals surface area contributed by atoms with Crippen LogP contribution in [0.3, 0.4) is 0 Å². The molecule has 2 heterocycles. The van der Waals surface area contributed by atoms with E-state index in [4.69, 9.17) is 19.6 Å². The van der Waals surface area contributed by atoms with E-state index in [0.29, 0.717) is 6.54 Å². The van der Waals surface area contributed by atoms with Crippen LogP contribution in [-0.4, -0.2) is 44.7 Å². The molecule has 4 rings (SSSR count). The van der Waals surface area contributed by atoms with Crippen LogP contribution < -0.4 is 9.47 Å². The summed E-state index contributed by atoms with van der Waals surface area (Å²) in [6.07, 6.45) is 3.14. The molecule has 0 aliphatic carbocycles. The van der Waals surface area contributed by atoms with E-state index in [1.807, 2.05) is 48.5 Å². The number of hydrogen-bond donors (Lipinski definition) is 1. The van der Waals surface area contributed by atoms with Crippen molar-refractivity contribution >= 4 is 12.0 Å². The molecule has 2 unspecified atom stereocenters. The maximum Gasteiger partial charge on any atom is 0.205 e. The van der Waals surface area contributed by atoms with Crippen molar-refractivity contribution in [2.45, 2.75) is 19.3 Å². The molecule has 2 aromatic rings. The summed E-state index contributed by atoms with van der Waals surface area (Å²) >= 11 is 0. The van der Waals surface area contributed by atoms with Gasteiger partial charge in [-0.1, -0.05) is 31.2 Å². The molecule has 6 nitrogen and oxygen atoms in total. The highest BCUT2D eigenvalue weighted by Gasteiger charge is 2.42. The molecule has 0 saturated carbocycles. The number of nitrogens with zero attached hydrogens (tertiary/aromatic N) is 2. The van der Waals surface area contributed by atoms with Crippen LogP contribution in [-0.2, 0) is 4.74 Å². The van der Waals surface area contributed by atoms with Crippen molar-refractivity contribution in [3.63, 3.8) is 0 Å². The quantitative estimate of drug-likeness (QED) is 0.680. The van der Waals surface area contributed by atoms with Gasteiger partial charge in [0.1, 0.15) is 23.2 Å². The molecule has 170 valence electrons. The molecule has 2 aliphatic rings. The highest BCUT2D eigenvalue weighted by molar-refractivity contribution is 5.84. The van der Waals surface area contributed by atoms with Crippen LogP contribution >= 0.6 is 0 Å². The number of ether oxygens (including phenoxy) is 3. The third-order valence-electron chi connectivity index (χ3n) is 6.18. The molecule has 2 aromatic carbocycles. The van der Waals surface area contributed by atoms with Crippen molar-refractivity contribution in [1.82, 2.24) is 4.90 Å². The Morgan fingerprint density at radius 1 is 1.06 bits per heavy atom. The van der Waals surface area contributed by atoms with Gasteiger partial charge in [0.15, 0.2) is 0 Å². The maximum absolute atomic E-state index is 9.95. The van der Waals surface area contributed by atoms with Gasteiger partial charge in [-0.05, 0) is 60.0 Å². The number of rotatable bonds is 6. The number of methoxy groups -OCH3 is 2. The van der Waals surface area contributed by atoms with E-state index in [1.165, 1.54) is 0 Å². The van der Waals surface area contributed by atoms with Gasteiger partial charge in [-0.3, -0.25) is 10.3 Å². The lowest BCUT2D eigenvalue weighted by Crippen LogP contribution is -2.41. The predicted molar refractivity (Wildman–Crippen MR) is 128 cm³/mol. The molecular formula is C27H29N3O3. The van der Waals surface area contributed by atoms with Gasteiger partial charge in [0, 0.05) is 24.6 Å². The monoisotopic (exact) mass is 443 g/mol. The molecule has 6 heteroatoms. The van der Waals surface area contributed by atoms with Crippen LogP contribution in [0.25, 0.3) is 6.08 Å². The Bertz CT molecular complexity index is 1110. The average Bonchev–Trinajstić information content (AvgIpc) is 2.84. The summed E-state index contributed by atoms with van der Waals surface area (Å²) < 4.78 is 16.6. The first-order valence-corrected chi connectivity index (χ1v) is 11.2. The van der Waals surface area contributed by atoms with Gasteiger partial charge < -0.3 is 14.2 Å². The van der Waals surface area contributed by atoms with Crippen molar-refractivity contribution in [3.05, 3.63) is 76.6 Å². The molecule has 0 radical (unpaired) electrons. The number of benzene rings is 2. The topological polar surface area (TPSA) is 78.6 Å². The van der Waals surface area contributed by atoms with Crippen molar-refractivity contribution in [3.8, 4) is 17.6 Å². The summed E-state index contributed by atoms with van der Waals surface area (Å²) in [6.45, 7) is 4.56. The van der Waals surface area contributed by atoms with Crippen molar-refractivity contribution in [1.29, 1.82) is 10.7 Å². The van der Waals surface area contributed by atoms with E-state index >= 15 is 0 Å². The highest BCUT2D eigenvalue weighted by atomic mass is 16.5. The average molecular weight is 444 g/mol. The molecule has 2 aliphatic heterocycles. The van der Waals surface area contributed by atoms with Crippen molar-refractivity contribution < 1.29 is 14.2 Å². The van der Waals surface area contributed by atoms with E-state index in [9.17, 15) is 5.26 Å². The highest BCUT2D eigenvalue weighted by Crippen LogP contribution is 2.44. The molecular weight excluding hydrogens is 414 g/mol. The summed E-state index contributed by atoms with van der Waals surface area (Å²) in [7, 11) is 3.29. The summed E-state index contributed by atoms with van der Waals surface area (Å²) in [5.41, 5.74) is 4.11. The second kappa shape index (κ2) is 9.93. The van der Waals surface area contributed by atoms with Gasteiger partial charge in [0.05, 0.1) is 20.3 Å². The molecule has 33 heavy (non-hydrogen) atoms. The molecule has 0 fully saturated rings. The lowest BCUT2D eigenvalue weighted by Gasteiger charge is -2.40. The third kappa shape index (κ3) is 4.64. The van der Waals surface area contributed by atoms with Crippen molar-refractivity contribution in [2.75, 3.05) is 33.9 Å². The fourth-order valence-electron chi connectivity index (χ4n) is 4.61. The normalized spacial score (nSPS) is 21.9. The lowest BCUT2D eigenvalue weighted by atomic mass is 9.76. The zero-order chi connectivity index (χ0) is 23.4. The first kappa shape index (κ1) is 22.6. The van der Waals surface area contributed by atoms with Gasteiger partial charge in [0.25, 0.3) is 0 Å². The van der Waals surface area contributed by atoms with Crippen LogP contribution in [0.1, 0.15) is 30.4 Å². The Balaban J connectivity index is 1.82. The van der Waals surface area contributed by atoms with Gasteiger partial charge in [-0.15, -0.1) is 0 Å². The smallest absolute Gasteiger partial charge is 0.205 e. The van der Waals surface area contributed by atoms with Crippen LogP contribution in [0.2, 0.25) is 0 Å². The first-order valence-electron chi connectivity index (χ1n) is 11.2. The van der Waals surface area contributed by atoms with Gasteiger partial charge in [-0.25, -0.2) is 0 Å². The van der Waals surface area contributed by atoms with E-state index in [-0.39, 0.29) is 11.8 Å². The Kier molecular flexibility index (Phi) is 6.81. The molecule has 0 bridgehead atoms. The minimum Gasteiger partial charge on any atom is -0.497 e. The second-order valence-electron chi connectivity index (χ2n) is 8.33. The van der Waals surface area contributed by atoms with Crippen molar-refractivity contribution in [2.24, 2.45) is 5.92 Å². The molecule has 0 spiro atoms.